The van der Waals surface area contributed by atoms with Crippen molar-refractivity contribution in [3.05, 3.63) is 68.9 Å². The van der Waals surface area contributed by atoms with Crippen LogP contribution in [0.4, 0.5) is 4.39 Å². The standard InChI is InChI=1S/C15H14BrClFN/c1-2-19-15(10-6-8-11(16)9-7-10)12-4-3-5-13(17)14(12)18/h3-9,15,19H,2H2,1H3. The fourth-order valence-electron chi connectivity index (χ4n) is 2.01. The summed E-state index contributed by atoms with van der Waals surface area (Å²) in [6.07, 6.45) is 0. The highest BCUT2D eigenvalue weighted by Gasteiger charge is 2.18. The largest absolute Gasteiger partial charge is 0.306 e. The maximum Gasteiger partial charge on any atom is 0.146 e. The molecule has 2 aromatic rings. The van der Waals surface area contributed by atoms with Crippen molar-refractivity contribution >= 4 is 27.5 Å². The summed E-state index contributed by atoms with van der Waals surface area (Å²) in [5, 5.41) is 3.44. The summed E-state index contributed by atoms with van der Waals surface area (Å²) in [4.78, 5) is 0. The van der Waals surface area contributed by atoms with Crippen molar-refractivity contribution in [1.29, 1.82) is 0 Å². The van der Waals surface area contributed by atoms with Crippen LogP contribution < -0.4 is 5.32 Å². The number of rotatable bonds is 4. The Bertz CT molecular complexity index is 557. The van der Waals surface area contributed by atoms with Crippen LogP contribution in [0.25, 0.3) is 0 Å². The number of hydrogen-bond acceptors (Lipinski definition) is 1. The number of hydrogen-bond donors (Lipinski definition) is 1. The summed E-state index contributed by atoms with van der Waals surface area (Å²) in [6, 6.07) is 12.7. The highest BCUT2D eigenvalue weighted by molar-refractivity contribution is 9.10. The quantitative estimate of drug-likeness (QED) is 0.830. The van der Waals surface area contributed by atoms with Gasteiger partial charge in [-0.2, -0.15) is 0 Å². The molecule has 0 saturated carbocycles. The Kier molecular flexibility index (Phi) is 4.97. The molecule has 2 aromatic carbocycles. The Labute approximate surface area is 125 Å². The van der Waals surface area contributed by atoms with Crippen LogP contribution in [0.1, 0.15) is 24.1 Å². The van der Waals surface area contributed by atoms with Crippen LogP contribution in [0, 0.1) is 5.82 Å². The third-order valence-corrected chi connectivity index (χ3v) is 3.72. The third kappa shape index (κ3) is 3.35. The number of halogens is 3. The molecule has 1 unspecified atom stereocenters. The summed E-state index contributed by atoms with van der Waals surface area (Å²) < 4.78 is 15.2. The second-order valence-electron chi connectivity index (χ2n) is 4.19. The van der Waals surface area contributed by atoms with Gasteiger partial charge in [0.15, 0.2) is 0 Å². The second kappa shape index (κ2) is 6.51. The average Bonchev–Trinajstić information content (AvgIpc) is 2.41. The van der Waals surface area contributed by atoms with Crippen LogP contribution in [-0.4, -0.2) is 6.54 Å². The fourth-order valence-corrected chi connectivity index (χ4v) is 2.46. The molecular formula is C15H14BrClFN. The molecule has 1 N–H and O–H groups in total. The van der Waals surface area contributed by atoms with E-state index in [1.54, 1.807) is 18.2 Å². The Balaban J connectivity index is 2.45. The first-order valence-electron chi connectivity index (χ1n) is 6.06. The van der Waals surface area contributed by atoms with Crippen molar-refractivity contribution in [3.8, 4) is 0 Å². The van der Waals surface area contributed by atoms with E-state index in [-0.39, 0.29) is 16.9 Å². The second-order valence-corrected chi connectivity index (χ2v) is 5.51. The van der Waals surface area contributed by atoms with Gasteiger partial charge in [-0.15, -0.1) is 0 Å². The minimum Gasteiger partial charge on any atom is -0.306 e. The van der Waals surface area contributed by atoms with Gasteiger partial charge in [0.2, 0.25) is 0 Å². The molecule has 2 rings (SSSR count). The molecule has 0 aromatic heterocycles. The van der Waals surface area contributed by atoms with E-state index < -0.39 is 0 Å². The van der Waals surface area contributed by atoms with Crippen LogP contribution in [0.2, 0.25) is 5.02 Å². The zero-order valence-corrected chi connectivity index (χ0v) is 12.8. The monoisotopic (exact) mass is 341 g/mol. The molecule has 1 atom stereocenters. The van der Waals surface area contributed by atoms with E-state index in [9.17, 15) is 4.39 Å². The summed E-state index contributed by atoms with van der Waals surface area (Å²) >= 11 is 9.26. The van der Waals surface area contributed by atoms with Crippen LogP contribution in [-0.2, 0) is 0 Å². The SMILES string of the molecule is CCNC(c1ccc(Br)cc1)c1cccc(Cl)c1F. The van der Waals surface area contributed by atoms with Gasteiger partial charge in [0.1, 0.15) is 5.82 Å². The zero-order valence-electron chi connectivity index (χ0n) is 10.5. The first-order valence-corrected chi connectivity index (χ1v) is 7.23. The van der Waals surface area contributed by atoms with Gasteiger partial charge in [-0.1, -0.05) is 58.7 Å². The van der Waals surface area contributed by atoms with Gasteiger partial charge in [0.25, 0.3) is 0 Å². The molecule has 0 fully saturated rings. The maximum atomic E-state index is 14.2. The van der Waals surface area contributed by atoms with Crippen LogP contribution >= 0.6 is 27.5 Å². The van der Waals surface area contributed by atoms with Gasteiger partial charge < -0.3 is 5.32 Å². The Morgan fingerprint density at radius 1 is 1.21 bits per heavy atom. The van der Waals surface area contributed by atoms with Gasteiger partial charge in [-0.25, -0.2) is 4.39 Å². The van der Waals surface area contributed by atoms with E-state index >= 15 is 0 Å². The first kappa shape index (κ1) is 14.5. The molecule has 0 bridgehead atoms. The molecule has 0 spiro atoms. The number of benzene rings is 2. The van der Waals surface area contributed by atoms with Gasteiger partial charge in [0.05, 0.1) is 11.1 Å². The molecule has 100 valence electrons. The molecule has 0 aliphatic carbocycles. The van der Waals surface area contributed by atoms with E-state index in [0.29, 0.717) is 5.56 Å². The molecular weight excluding hydrogens is 329 g/mol. The topological polar surface area (TPSA) is 12.0 Å². The zero-order chi connectivity index (χ0) is 13.8. The lowest BCUT2D eigenvalue weighted by Gasteiger charge is -2.20. The van der Waals surface area contributed by atoms with E-state index in [2.05, 4.69) is 21.2 Å². The molecule has 19 heavy (non-hydrogen) atoms. The fraction of sp³-hybridized carbons (Fsp3) is 0.200. The van der Waals surface area contributed by atoms with Gasteiger partial charge in [0, 0.05) is 10.0 Å². The molecule has 0 radical (unpaired) electrons. The minimum atomic E-state index is -0.363. The van der Waals surface area contributed by atoms with Crippen molar-refractivity contribution in [2.24, 2.45) is 0 Å². The van der Waals surface area contributed by atoms with Crippen molar-refractivity contribution in [2.75, 3.05) is 6.54 Å². The van der Waals surface area contributed by atoms with E-state index in [4.69, 9.17) is 11.6 Å². The molecule has 4 heteroatoms. The average molecular weight is 343 g/mol. The molecule has 0 saturated heterocycles. The lowest BCUT2D eigenvalue weighted by atomic mass is 9.98. The third-order valence-electron chi connectivity index (χ3n) is 2.90. The summed E-state index contributed by atoms with van der Waals surface area (Å²) in [5.74, 6) is -0.363. The van der Waals surface area contributed by atoms with Gasteiger partial charge in [-0.05, 0) is 30.3 Å². The molecule has 0 amide bonds. The normalized spacial score (nSPS) is 12.4. The first-order chi connectivity index (χ1) is 9.13. The molecule has 0 heterocycles. The lowest BCUT2D eigenvalue weighted by molar-refractivity contribution is 0.559. The minimum absolute atomic E-state index is 0.150. The molecule has 0 aliphatic rings. The van der Waals surface area contributed by atoms with Gasteiger partial charge >= 0.3 is 0 Å². The maximum absolute atomic E-state index is 14.2. The summed E-state index contributed by atoms with van der Waals surface area (Å²) in [7, 11) is 0. The van der Waals surface area contributed by atoms with Crippen LogP contribution in [0.5, 0.6) is 0 Å². The van der Waals surface area contributed by atoms with Crippen molar-refractivity contribution in [2.45, 2.75) is 13.0 Å². The highest BCUT2D eigenvalue weighted by atomic mass is 79.9. The Morgan fingerprint density at radius 3 is 2.53 bits per heavy atom. The van der Waals surface area contributed by atoms with E-state index in [1.165, 1.54) is 0 Å². The smallest absolute Gasteiger partial charge is 0.146 e. The Morgan fingerprint density at radius 2 is 1.89 bits per heavy atom. The summed E-state index contributed by atoms with van der Waals surface area (Å²) in [6.45, 7) is 2.74. The highest BCUT2D eigenvalue weighted by Crippen LogP contribution is 2.28. The van der Waals surface area contributed by atoms with Crippen LogP contribution in [0.15, 0.2) is 46.9 Å². The van der Waals surface area contributed by atoms with Gasteiger partial charge in [-0.3, -0.25) is 0 Å². The predicted octanol–water partition coefficient (Wildman–Crippen LogP) is 4.94. The lowest BCUT2D eigenvalue weighted by Crippen LogP contribution is -2.23. The summed E-state index contributed by atoms with van der Waals surface area (Å²) in [5.41, 5.74) is 1.57. The van der Waals surface area contributed by atoms with Crippen molar-refractivity contribution < 1.29 is 4.39 Å². The molecule has 0 aliphatic heterocycles. The van der Waals surface area contributed by atoms with Crippen molar-refractivity contribution in [1.82, 2.24) is 5.32 Å². The van der Waals surface area contributed by atoms with Crippen LogP contribution in [0.3, 0.4) is 0 Å². The van der Waals surface area contributed by atoms with E-state index in [0.717, 1.165) is 16.6 Å². The predicted molar refractivity (Wildman–Crippen MR) is 81.1 cm³/mol. The van der Waals surface area contributed by atoms with Crippen molar-refractivity contribution in [3.63, 3.8) is 0 Å². The van der Waals surface area contributed by atoms with E-state index in [1.807, 2.05) is 31.2 Å². The number of nitrogens with one attached hydrogen (secondary N) is 1. The molecule has 1 nitrogen and oxygen atoms in total. The Hall–Kier alpha value is -0.900.